The fourth-order valence-electron chi connectivity index (χ4n) is 0.433. The van der Waals surface area contributed by atoms with Crippen molar-refractivity contribution in [3.05, 3.63) is 0 Å². The average Bonchev–Trinajstić information content (AvgIpc) is 1.30. The summed E-state index contributed by atoms with van der Waals surface area (Å²) in [7, 11) is 0.271. The van der Waals surface area contributed by atoms with Gasteiger partial charge in [0.05, 0.1) is 0 Å². The van der Waals surface area contributed by atoms with Crippen LogP contribution < -0.4 is 0 Å². The molecule has 0 saturated heterocycles. The quantitative estimate of drug-likeness (QED) is 0.469. The lowest BCUT2D eigenvalue weighted by Gasteiger charge is -2.14. The average molecular weight is 150 g/mol. The summed E-state index contributed by atoms with van der Waals surface area (Å²) in [6, 6.07) is 0. The Morgan fingerprint density at radius 2 is 1.86 bits per heavy atom. The van der Waals surface area contributed by atoms with Crippen LogP contribution in [0.1, 0.15) is 0 Å². The highest BCUT2D eigenvalue weighted by Crippen LogP contribution is 1.98. The zero-order chi connectivity index (χ0) is 5.91. The first-order valence-electron chi connectivity index (χ1n) is 2.70. The zero-order valence-electron chi connectivity index (χ0n) is 5.62. The summed E-state index contributed by atoms with van der Waals surface area (Å²) in [5.41, 5.74) is 0. The van der Waals surface area contributed by atoms with E-state index in [1.54, 1.807) is 0 Å². The van der Waals surface area contributed by atoms with Gasteiger partial charge in [-0.1, -0.05) is 0 Å². The van der Waals surface area contributed by atoms with E-state index < -0.39 is 8.32 Å². The smallest absolute Gasteiger partial charge is 0.169 e. The molecule has 44 valence electrons. The van der Waals surface area contributed by atoms with Crippen LogP contribution in [-0.2, 0) is 4.12 Å². The van der Waals surface area contributed by atoms with Gasteiger partial charge in [-0.05, 0) is 19.6 Å². The Labute approximate surface area is 51.7 Å². The molecule has 0 aliphatic carbocycles. The van der Waals surface area contributed by atoms with Crippen LogP contribution in [0, 0.1) is 0 Å². The number of hydrogen-bond donors (Lipinski definition) is 0. The van der Waals surface area contributed by atoms with Crippen molar-refractivity contribution in [3.63, 3.8) is 0 Å². The molecule has 0 radical (unpaired) electrons. The van der Waals surface area contributed by atoms with Gasteiger partial charge in [-0.3, -0.25) is 0 Å². The molecule has 0 aliphatic heterocycles. The molecule has 1 nitrogen and oxygen atoms in total. The van der Waals surface area contributed by atoms with Crippen LogP contribution in [0.2, 0.25) is 19.6 Å². The highest BCUT2D eigenvalue weighted by atomic mass is 29.1. The first kappa shape index (κ1) is 7.61. The summed E-state index contributed by atoms with van der Waals surface area (Å²) in [6.07, 6.45) is 0. The van der Waals surface area contributed by atoms with Crippen molar-refractivity contribution in [1.82, 2.24) is 0 Å². The van der Waals surface area contributed by atoms with Gasteiger partial charge in [-0.2, -0.15) is 0 Å². The summed E-state index contributed by atoms with van der Waals surface area (Å²) >= 11 is 0. The van der Waals surface area contributed by atoms with Crippen molar-refractivity contribution < 1.29 is 4.12 Å². The molecule has 0 aromatic carbocycles. The molecular formula is C3H14OSi3. The molecule has 0 aliphatic rings. The second-order valence-corrected chi connectivity index (χ2v) is 10.2. The maximum Gasteiger partial charge on any atom is 0.169 e. The van der Waals surface area contributed by atoms with E-state index in [2.05, 4.69) is 19.6 Å². The van der Waals surface area contributed by atoms with Gasteiger partial charge in [-0.15, -0.1) is 0 Å². The fourth-order valence-corrected chi connectivity index (χ4v) is 11.7. The lowest BCUT2D eigenvalue weighted by atomic mass is 11.8. The maximum atomic E-state index is 5.57. The molecule has 4 heteroatoms. The van der Waals surface area contributed by atoms with Gasteiger partial charge < -0.3 is 4.12 Å². The van der Waals surface area contributed by atoms with Crippen LogP contribution in [0.15, 0.2) is 0 Å². The van der Waals surface area contributed by atoms with E-state index >= 15 is 0 Å². The van der Waals surface area contributed by atoms with Crippen LogP contribution in [0.25, 0.3) is 0 Å². The van der Waals surface area contributed by atoms with Crippen molar-refractivity contribution in [3.8, 4) is 0 Å². The van der Waals surface area contributed by atoms with Crippen molar-refractivity contribution >= 4 is 27.4 Å². The SMILES string of the molecule is C[Si](C)(C)O[SiH2][SiH3]. The Kier molecular flexibility index (Phi) is 3.05. The van der Waals surface area contributed by atoms with E-state index in [-0.39, 0.29) is 9.28 Å². The van der Waals surface area contributed by atoms with Gasteiger partial charge in [0.25, 0.3) is 0 Å². The summed E-state index contributed by atoms with van der Waals surface area (Å²) < 4.78 is 5.57. The van der Waals surface area contributed by atoms with Gasteiger partial charge in [0.1, 0.15) is 9.28 Å². The summed E-state index contributed by atoms with van der Waals surface area (Å²) in [5, 5.41) is 0. The van der Waals surface area contributed by atoms with Crippen LogP contribution in [0.3, 0.4) is 0 Å². The van der Waals surface area contributed by atoms with Gasteiger partial charge >= 0.3 is 0 Å². The Morgan fingerprint density at radius 3 is 1.86 bits per heavy atom. The van der Waals surface area contributed by atoms with E-state index in [1.165, 1.54) is 9.76 Å². The molecule has 0 aromatic heterocycles. The Hall–Kier alpha value is 0.611. The molecular weight excluding hydrogens is 136 g/mol. The van der Waals surface area contributed by atoms with E-state index in [1.807, 2.05) is 0 Å². The first-order chi connectivity index (χ1) is 3.06. The number of hydrogen-bond acceptors (Lipinski definition) is 1. The Balaban J connectivity index is 3.15. The first-order valence-corrected chi connectivity index (χ1v) is 12.3. The number of rotatable bonds is 2. The lowest BCUT2D eigenvalue weighted by molar-refractivity contribution is 0.613. The summed E-state index contributed by atoms with van der Waals surface area (Å²) in [6.45, 7) is 6.74. The zero-order valence-corrected chi connectivity index (χ0v) is 10.0. The van der Waals surface area contributed by atoms with Crippen LogP contribution in [-0.4, -0.2) is 27.4 Å². The monoisotopic (exact) mass is 150 g/mol. The molecule has 0 saturated carbocycles. The second kappa shape index (κ2) is 2.81. The fraction of sp³-hybridized carbons (Fsp3) is 1.00. The maximum absolute atomic E-state index is 5.57. The summed E-state index contributed by atoms with van der Waals surface area (Å²) in [4.78, 5) is 0. The van der Waals surface area contributed by atoms with Crippen molar-refractivity contribution in [2.24, 2.45) is 0 Å². The molecule has 0 atom stereocenters. The minimum atomic E-state index is -1.06. The van der Waals surface area contributed by atoms with Crippen LogP contribution >= 0.6 is 0 Å². The van der Waals surface area contributed by atoms with Gasteiger partial charge in [0, 0.05) is 9.76 Å². The van der Waals surface area contributed by atoms with Crippen molar-refractivity contribution in [2.75, 3.05) is 0 Å². The molecule has 0 amide bonds. The van der Waals surface area contributed by atoms with Crippen LogP contribution in [0.4, 0.5) is 0 Å². The third-order valence-electron chi connectivity index (χ3n) is 0.577. The predicted octanol–water partition coefficient (Wildman–Crippen LogP) is -0.798. The van der Waals surface area contributed by atoms with Gasteiger partial charge in [0.15, 0.2) is 8.32 Å². The minimum Gasteiger partial charge on any atom is -0.464 e. The molecule has 7 heavy (non-hydrogen) atoms. The third-order valence-corrected chi connectivity index (χ3v) is 7.79. The molecule has 0 bridgehead atoms. The normalized spacial score (nSPS) is 14.1. The largest absolute Gasteiger partial charge is 0.464 e. The minimum absolute atomic E-state index is 0.0104. The van der Waals surface area contributed by atoms with Crippen LogP contribution in [0.5, 0.6) is 0 Å². The Morgan fingerprint density at radius 1 is 1.43 bits per heavy atom. The predicted molar refractivity (Wildman–Crippen MR) is 42.9 cm³/mol. The molecule has 0 rings (SSSR count). The van der Waals surface area contributed by atoms with E-state index in [0.29, 0.717) is 0 Å². The third kappa shape index (κ3) is 6.61. The topological polar surface area (TPSA) is 9.23 Å². The molecule has 0 spiro atoms. The van der Waals surface area contributed by atoms with E-state index in [0.717, 1.165) is 0 Å². The lowest BCUT2D eigenvalue weighted by Crippen LogP contribution is -2.27. The second-order valence-electron chi connectivity index (χ2n) is 2.55. The highest BCUT2D eigenvalue weighted by Gasteiger charge is 2.10. The van der Waals surface area contributed by atoms with E-state index in [4.69, 9.17) is 4.12 Å². The molecule has 0 N–H and O–H groups in total. The standard InChI is InChI=1S/C3H14OSi3/c1-7(2,3)4-6-5/h6H2,1-3,5H3. The van der Waals surface area contributed by atoms with E-state index in [9.17, 15) is 0 Å². The highest BCUT2D eigenvalue weighted by molar-refractivity contribution is 6.91. The Bertz CT molecular complexity index is 48.6. The van der Waals surface area contributed by atoms with Crippen molar-refractivity contribution in [2.45, 2.75) is 19.6 Å². The summed E-state index contributed by atoms with van der Waals surface area (Å²) in [5.74, 6) is 0. The van der Waals surface area contributed by atoms with Gasteiger partial charge in [0.2, 0.25) is 0 Å². The van der Waals surface area contributed by atoms with Gasteiger partial charge in [-0.25, -0.2) is 0 Å². The molecule has 0 heterocycles. The van der Waals surface area contributed by atoms with Crippen molar-refractivity contribution in [1.29, 1.82) is 0 Å². The molecule has 0 unspecified atom stereocenters. The molecule has 0 aromatic rings. The molecule has 0 fully saturated rings.